The number of carbonyl (C=O) groups excluding carboxylic acids is 1. The summed E-state index contributed by atoms with van der Waals surface area (Å²) in [5.41, 5.74) is 5.42. The van der Waals surface area contributed by atoms with E-state index in [9.17, 15) is 10.1 Å². The third-order valence-electron chi connectivity index (χ3n) is 6.54. The number of rotatable bonds is 10. The van der Waals surface area contributed by atoms with Crippen LogP contribution in [0.25, 0.3) is 23.0 Å². The number of halogens is 1. The molecule has 204 valence electrons. The monoisotopic (exact) mass is 577 g/mol. The van der Waals surface area contributed by atoms with E-state index in [0.29, 0.717) is 21.4 Å². The second-order valence-corrected chi connectivity index (χ2v) is 11.1. The van der Waals surface area contributed by atoms with Gasteiger partial charge in [-0.15, -0.1) is 11.3 Å². The fourth-order valence-electron chi connectivity index (χ4n) is 4.36. The fraction of sp³-hybridized carbons (Fsp3) is 0.152. The number of hydrogen-bond acceptors (Lipinski definition) is 5. The quantitative estimate of drug-likeness (QED) is 0.134. The molecule has 0 aliphatic carbocycles. The van der Waals surface area contributed by atoms with Crippen molar-refractivity contribution in [1.82, 2.24) is 14.8 Å². The van der Waals surface area contributed by atoms with Gasteiger partial charge >= 0.3 is 0 Å². The summed E-state index contributed by atoms with van der Waals surface area (Å²) in [5, 5.41) is 18.5. The van der Waals surface area contributed by atoms with Crippen molar-refractivity contribution in [3.05, 3.63) is 123 Å². The predicted molar refractivity (Wildman–Crippen MR) is 166 cm³/mol. The average Bonchev–Trinajstić information content (AvgIpc) is 3.63. The van der Waals surface area contributed by atoms with Gasteiger partial charge in [0.05, 0.1) is 11.4 Å². The Hall–Kier alpha value is -4.51. The molecule has 6 nitrogen and oxygen atoms in total. The summed E-state index contributed by atoms with van der Waals surface area (Å²) >= 11 is 7.50. The highest BCUT2D eigenvalue weighted by molar-refractivity contribution is 7.15. The summed E-state index contributed by atoms with van der Waals surface area (Å²) < 4.78 is 1.73. The van der Waals surface area contributed by atoms with Gasteiger partial charge in [-0.05, 0) is 54.3 Å². The number of hydrogen-bond donors (Lipinski definition) is 1. The van der Waals surface area contributed by atoms with Gasteiger partial charge in [0.15, 0.2) is 5.13 Å². The van der Waals surface area contributed by atoms with Crippen molar-refractivity contribution >= 4 is 40.1 Å². The Morgan fingerprint density at radius 1 is 1.05 bits per heavy atom. The lowest BCUT2D eigenvalue weighted by molar-refractivity contribution is -0.112. The van der Waals surface area contributed by atoms with Crippen LogP contribution in [0.3, 0.4) is 0 Å². The van der Waals surface area contributed by atoms with Crippen molar-refractivity contribution in [1.29, 1.82) is 5.26 Å². The molecule has 5 aromatic rings. The Labute approximate surface area is 248 Å². The summed E-state index contributed by atoms with van der Waals surface area (Å²) in [5.74, 6) is -0.525. The van der Waals surface area contributed by atoms with Gasteiger partial charge in [-0.1, -0.05) is 79.5 Å². The first-order valence-corrected chi connectivity index (χ1v) is 14.6. The zero-order valence-electron chi connectivity index (χ0n) is 22.5. The van der Waals surface area contributed by atoms with Gasteiger partial charge in [-0.25, -0.2) is 9.67 Å². The van der Waals surface area contributed by atoms with Crippen molar-refractivity contribution in [3.63, 3.8) is 0 Å². The Morgan fingerprint density at radius 2 is 1.78 bits per heavy atom. The third kappa shape index (κ3) is 7.17. The third-order valence-corrected chi connectivity index (χ3v) is 7.70. The van der Waals surface area contributed by atoms with E-state index in [4.69, 9.17) is 16.7 Å². The van der Waals surface area contributed by atoms with Crippen LogP contribution in [0.1, 0.15) is 41.3 Å². The van der Waals surface area contributed by atoms with Crippen molar-refractivity contribution in [3.8, 4) is 23.0 Å². The zero-order chi connectivity index (χ0) is 28.6. The van der Waals surface area contributed by atoms with Crippen molar-refractivity contribution in [2.75, 3.05) is 5.32 Å². The Morgan fingerprint density at radius 3 is 2.49 bits per heavy atom. The van der Waals surface area contributed by atoms with E-state index in [1.807, 2.05) is 48.5 Å². The highest BCUT2D eigenvalue weighted by atomic mass is 35.5. The van der Waals surface area contributed by atoms with Gasteiger partial charge in [-0.2, -0.15) is 10.4 Å². The molecule has 0 saturated carbocycles. The summed E-state index contributed by atoms with van der Waals surface area (Å²) in [4.78, 5) is 18.5. The lowest BCUT2D eigenvalue weighted by Gasteiger charge is -2.03. The van der Waals surface area contributed by atoms with Crippen LogP contribution in [-0.2, 0) is 17.6 Å². The van der Waals surface area contributed by atoms with Crippen LogP contribution in [0.5, 0.6) is 0 Å². The van der Waals surface area contributed by atoms with Crippen LogP contribution in [0, 0.1) is 11.3 Å². The normalized spacial score (nSPS) is 11.3. The number of aromatic nitrogens is 3. The molecule has 41 heavy (non-hydrogen) atoms. The average molecular weight is 578 g/mol. The van der Waals surface area contributed by atoms with Crippen molar-refractivity contribution < 1.29 is 4.79 Å². The largest absolute Gasteiger partial charge is 0.297 e. The number of amides is 1. The first-order valence-electron chi connectivity index (χ1n) is 13.4. The highest BCUT2D eigenvalue weighted by Gasteiger charge is 2.17. The van der Waals surface area contributed by atoms with Crippen molar-refractivity contribution in [2.24, 2.45) is 0 Å². The van der Waals surface area contributed by atoms with Crippen LogP contribution in [0.2, 0.25) is 5.02 Å². The van der Waals surface area contributed by atoms with Gasteiger partial charge in [0.1, 0.15) is 11.6 Å². The number of anilines is 1. The van der Waals surface area contributed by atoms with Crippen LogP contribution in [-0.4, -0.2) is 20.7 Å². The number of benzene rings is 3. The molecular formula is C33H28ClN5OS. The molecule has 0 aliphatic rings. The number of thiazole rings is 1. The molecule has 0 unspecified atom stereocenters. The zero-order valence-corrected chi connectivity index (χ0v) is 24.1. The molecule has 0 saturated heterocycles. The van der Waals surface area contributed by atoms with Crippen LogP contribution < -0.4 is 5.32 Å². The SMILES string of the molecule is CCCCc1ccc(Cc2cnc(NC(=O)C(C#N)=Cc3cn(-c4ccccc4)nc3-c3ccc(Cl)cc3)s2)cc1. The lowest BCUT2D eigenvalue weighted by atomic mass is 10.0. The number of nitrogens with zero attached hydrogens (tertiary/aromatic N) is 4. The minimum absolute atomic E-state index is 0.0488. The summed E-state index contributed by atoms with van der Waals surface area (Å²) in [6.45, 7) is 2.20. The van der Waals surface area contributed by atoms with E-state index < -0.39 is 5.91 Å². The molecule has 5 rings (SSSR count). The maximum Gasteiger partial charge on any atom is 0.268 e. The summed E-state index contributed by atoms with van der Waals surface area (Å²) in [6.07, 6.45) is 9.32. The minimum atomic E-state index is -0.525. The standard InChI is InChI=1S/C33H28ClN5OS/c1-2-3-7-23-10-12-24(13-11-23)18-30-21-36-33(41-30)37-32(40)26(20-35)19-27-22-39(29-8-5-4-6-9-29)38-31(27)25-14-16-28(34)17-15-25/h4-6,8-17,19,21-22H,2-3,7,18H2,1H3,(H,36,37,40). The number of unbranched alkanes of at least 4 members (excludes halogenated alkanes) is 1. The van der Waals surface area contributed by atoms with E-state index in [0.717, 1.165) is 29.0 Å². The molecule has 1 N–H and O–H groups in total. The molecule has 3 aromatic carbocycles. The molecule has 0 bridgehead atoms. The van der Waals surface area contributed by atoms with Crippen LogP contribution >= 0.6 is 22.9 Å². The van der Waals surface area contributed by atoms with E-state index in [2.05, 4.69) is 41.5 Å². The van der Waals surface area contributed by atoms with Crippen LogP contribution in [0.15, 0.2) is 96.8 Å². The van der Waals surface area contributed by atoms with Crippen molar-refractivity contribution in [2.45, 2.75) is 32.6 Å². The summed E-state index contributed by atoms with van der Waals surface area (Å²) in [6, 6.07) is 27.6. The summed E-state index contributed by atoms with van der Waals surface area (Å²) in [7, 11) is 0. The number of para-hydroxylation sites is 1. The molecule has 8 heteroatoms. The maximum atomic E-state index is 13.1. The first kappa shape index (κ1) is 28.0. The van der Waals surface area contributed by atoms with E-state index in [-0.39, 0.29) is 5.57 Å². The van der Waals surface area contributed by atoms with E-state index >= 15 is 0 Å². The van der Waals surface area contributed by atoms with Gasteiger partial charge in [0.2, 0.25) is 0 Å². The Balaban J connectivity index is 1.35. The molecule has 1 amide bonds. The number of carbonyl (C=O) groups is 1. The second-order valence-electron chi connectivity index (χ2n) is 9.57. The van der Waals surface area contributed by atoms with Crippen LogP contribution in [0.4, 0.5) is 5.13 Å². The van der Waals surface area contributed by atoms with E-state index in [1.165, 1.54) is 35.3 Å². The highest BCUT2D eigenvalue weighted by Crippen LogP contribution is 2.28. The Kier molecular flexibility index (Phi) is 9.05. The molecule has 0 spiro atoms. The smallest absolute Gasteiger partial charge is 0.268 e. The minimum Gasteiger partial charge on any atom is -0.297 e. The molecule has 0 radical (unpaired) electrons. The first-order chi connectivity index (χ1) is 20.0. The van der Waals surface area contributed by atoms with Gasteiger partial charge in [-0.3, -0.25) is 10.1 Å². The van der Waals surface area contributed by atoms with Gasteiger partial charge in [0.25, 0.3) is 5.91 Å². The topological polar surface area (TPSA) is 83.6 Å². The molecular weight excluding hydrogens is 550 g/mol. The number of nitrogens with one attached hydrogen (secondary N) is 1. The molecule has 0 fully saturated rings. The van der Waals surface area contributed by atoms with Gasteiger partial charge < -0.3 is 0 Å². The molecule has 2 aromatic heterocycles. The number of aryl methyl sites for hydroxylation is 1. The number of nitriles is 1. The lowest BCUT2D eigenvalue weighted by Crippen LogP contribution is -2.13. The van der Waals surface area contributed by atoms with E-state index in [1.54, 1.807) is 35.3 Å². The second kappa shape index (κ2) is 13.2. The maximum absolute atomic E-state index is 13.1. The molecule has 2 heterocycles. The van der Waals surface area contributed by atoms with Gasteiger partial charge in [0, 0.05) is 39.8 Å². The molecule has 0 atom stereocenters. The Bertz CT molecular complexity index is 1700. The predicted octanol–water partition coefficient (Wildman–Crippen LogP) is 8.13. The molecule has 0 aliphatic heterocycles. The fourth-order valence-corrected chi connectivity index (χ4v) is 5.33.